The molecule has 0 saturated carbocycles. The zero-order chi connectivity index (χ0) is 17.8. The van der Waals surface area contributed by atoms with Crippen LogP contribution in [0.15, 0.2) is 42.6 Å². The minimum atomic E-state index is -0.904. The van der Waals surface area contributed by atoms with Gasteiger partial charge in [-0.2, -0.15) is 0 Å². The quantitative estimate of drug-likeness (QED) is 0.581. The molecule has 1 aliphatic rings. The lowest BCUT2D eigenvalue weighted by atomic mass is 9.91. The van der Waals surface area contributed by atoms with Gasteiger partial charge in [-0.1, -0.05) is 30.3 Å². The second-order valence-electron chi connectivity index (χ2n) is 5.74. The van der Waals surface area contributed by atoms with Crippen molar-refractivity contribution >= 4 is 17.9 Å². The van der Waals surface area contributed by atoms with Crippen molar-refractivity contribution in [3.63, 3.8) is 0 Å². The van der Waals surface area contributed by atoms with Crippen LogP contribution in [-0.4, -0.2) is 30.1 Å². The first kappa shape index (κ1) is 16.7. The number of carbonyl (C=O) groups is 1. The van der Waals surface area contributed by atoms with E-state index in [9.17, 15) is 9.18 Å². The molecule has 130 valence electrons. The number of hydrogen-bond acceptors (Lipinski definition) is 5. The van der Waals surface area contributed by atoms with Crippen molar-refractivity contribution in [2.45, 2.75) is 12.5 Å². The fraction of sp³-hybridized carbons (Fsp3) is 0.235. The van der Waals surface area contributed by atoms with E-state index >= 15 is 0 Å². The number of aromatic nitrogens is 1. The number of guanidine groups is 1. The first-order valence-corrected chi connectivity index (χ1v) is 7.75. The van der Waals surface area contributed by atoms with Gasteiger partial charge in [0.2, 0.25) is 0 Å². The summed E-state index contributed by atoms with van der Waals surface area (Å²) in [6, 6.07) is 11.5. The van der Waals surface area contributed by atoms with Gasteiger partial charge in [0.15, 0.2) is 17.6 Å². The number of hydrogen-bond donors (Lipinski definition) is 3. The lowest BCUT2D eigenvalue weighted by Crippen LogP contribution is -2.46. The number of anilines is 1. The summed E-state index contributed by atoms with van der Waals surface area (Å²) >= 11 is 0. The number of alkyl carbamates (subject to hydrolysis) is 1. The highest BCUT2D eigenvalue weighted by atomic mass is 19.1. The molecule has 0 radical (unpaired) electrons. The monoisotopic (exact) mass is 343 g/mol. The van der Waals surface area contributed by atoms with Gasteiger partial charge in [0.25, 0.3) is 0 Å². The summed E-state index contributed by atoms with van der Waals surface area (Å²) in [5, 5.41) is 8.91. The van der Waals surface area contributed by atoms with Crippen LogP contribution in [-0.2, 0) is 11.3 Å². The molecule has 0 spiro atoms. The van der Waals surface area contributed by atoms with Gasteiger partial charge < -0.3 is 15.4 Å². The van der Waals surface area contributed by atoms with Gasteiger partial charge in [-0.05, 0) is 11.6 Å². The van der Waals surface area contributed by atoms with E-state index in [0.29, 0.717) is 19.0 Å². The third-order valence-corrected chi connectivity index (χ3v) is 4.00. The molecule has 0 bridgehead atoms. The molecule has 25 heavy (non-hydrogen) atoms. The molecule has 1 aromatic carbocycles. The summed E-state index contributed by atoms with van der Waals surface area (Å²) in [5.41, 5.74) is 6.46. The van der Waals surface area contributed by atoms with Crippen molar-refractivity contribution in [1.29, 1.82) is 5.41 Å². The SMILES string of the molecule is N=C(N)NC(=O)OCc1ccnc(N2CC(c3ccccc3)C2)c1F. The molecule has 8 heteroatoms. The lowest BCUT2D eigenvalue weighted by Gasteiger charge is -2.40. The van der Waals surface area contributed by atoms with E-state index in [1.165, 1.54) is 17.8 Å². The van der Waals surface area contributed by atoms with Crippen LogP contribution in [0.2, 0.25) is 0 Å². The zero-order valence-corrected chi connectivity index (χ0v) is 13.4. The molecular formula is C17H18FN5O2. The van der Waals surface area contributed by atoms with E-state index in [4.69, 9.17) is 15.9 Å². The average Bonchev–Trinajstić information content (AvgIpc) is 2.54. The molecule has 0 atom stereocenters. The van der Waals surface area contributed by atoms with Crippen LogP contribution >= 0.6 is 0 Å². The number of benzene rings is 1. The fourth-order valence-electron chi connectivity index (χ4n) is 2.68. The van der Waals surface area contributed by atoms with Crippen molar-refractivity contribution < 1.29 is 13.9 Å². The van der Waals surface area contributed by atoms with Crippen LogP contribution in [0, 0.1) is 11.2 Å². The Hall–Kier alpha value is -3.16. The average molecular weight is 343 g/mol. The number of rotatable bonds is 4. The van der Waals surface area contributed by atoms with Crippen molar-refractivity contribution in [2.75, 3.05) is 18.0 Å². The number of carbonyl (C=O) groups excluding carboxylic acids is 1. The number of pyridine rings is 1. The second-order valence-corrected chi connectivity index (χ2v) is 5.74. The Morgan fingerprint density at radius 1 is 1.36 bits per heavy atom. The van der Waals surface area contributed by atoms with Gasteiger partial charge in [-0.25, -0.2) is 14.2 Å². The fourth-order valence-corrected chi connectivity index (χ4v) is 2.68. The molecule has 1 saturated heterocycles. The molecule has 1 aliphatic heterocycles. The summed E-state index contributed by atoms with van der Waals surface area (Å²) in [4.78, 5) is 17.3. The van der Waals surface area contributed by atoms with Gasteiger partial charge in [-0.3, -0.25) is 10.7 Å². The minimum absolute atomic E-state index is 0.215. The molecule has 0 aliphatic carbocycles. The summed E-state index contributed by atoms with van der Waals surface area (Å²) in [6.07, 6.45) is 0.578. The number of nitrogens with two attached hydrogens (primary N) is 1. The highest BCUT2D eigenvalue weighted by Gasteiger charge is 2.31. The van der Waals surface area contributed by atoms with E-state index in [0.717, 1.165) is 0 Å². The van der Waals surface area contributed by atoms with Crippen LogP contribution in [0.5, 0.6) is 0 Å². The topological polar surface area (TPSA) is 104 Å². The van der Waals surface area contributed by atoms with Gasteiger partial charge in [-0.15, -0.1) is 0 Å². The Labute approximate surface area is 144 Å². The van der Waals surface area contributed by atoms with Crippen LogP contribution in [0.1, 0.15) is 17.0 Å². The first-order chi connectivity index (χ1) is 12.0. The molecule has 4 N–H and O–H groups in total. The maximum Gasteiger partial charge on any atom is 0.414 e. The van der Waals surface area contributed by atoms with Crippen LogP contribution < -0.4 is 16.0 Å². The Bertz CT molecular complexity index is 778. The standard InChI is InChI=1S/C17H18FN5O2/c18-14-12(10-25-17(24)22-16(19)20)6-7-21-15(14)23-8-13(9-23)11-4-2-1-3-5-11/h1-7,13H,8-10H2,(H4,19,20,22,24). The zero-order valence-electron chi connectivity index (χ0n) is 13.4. The van der Waals surface area contributed by atoms with E-state index in [-0.39, 0.29) is 18.0 Å². The third kappa shape index (κ3) is 3.85. The number of ether oxygens (including phenoxy) is 1. The third-order valence-electron chi connectivity index (χ3n) is 4.00. The Kier molecular flexibility index (Phi) is 4.78. The predicted octanol–water partition coefficient (Wildman–Crippen LogP) is 1.94. The Morgan fingerprint density at radius 2 is 2.08 bits per heavy atom. The van der Waals surface area contributed by atoms with E-state index in [1.807, 2.05) is 28.4 Å². The summed E-state index contributed by atoms with van der Waals surface area (Å²) in [5.74, 6) is -0.443. The van der Waals surface area contributed by atoms with Crippen LogP contribution in [0.25, 0.3) is 0 Å². The first-order valence-electron chi connectivity index (χ1n) is 7.75. The summed E-state index contributed by atoms with van der Waals surface area (Å²) in [7, 11) is 0. The van der Waals surface area contributed by atoms with Gasteiger partial charge >= 0.3 is 6.09 Å². The summed E-state index contributed by atoms with van der Waals surface area (Å²) in [6.45, 7) is 1.10. The van der Waals surface area contributed by atoms with Crippen molar-refractivity contribution in [3.05, 3.63) is 59.5 Å². The van der Waals surface area contributed by atoms with Gasteiger partial charge in [0.05, 0.1) is 0 Å². The van der Waals surface area contributed by atoms with Gasteiger partial charge in [0.1, 0.15) is 6.61 Å². The number of halogens is 1. The smallest absolute Gasteiger partial charge is 0.414 e. The maximum atomic E-state index is 14.6. The highest BCUT2D eigenvalue weighted by Crippen LogP contribution is 2.32. The molecule has 7 nitrogen and oxygen atoms in total. The van der Waals surface area contributed by atoms with E-state index in [1.54, 1.807) is 0 Å². The predicted molar refractivity (Wildman–Crippen MR) is 90.8 cm³/mol. The van der Waals surface area contributed by atoms with E-state index < -0.39 is 17.9 Å². The van der Waals surface area contributed by atoms with Crippen LogP contribution in [0.4, 0.5) is 15.0 Å². The Balaban J connectivity index is 1.62. The lowest BCUT2D eigenvalue weighted by molar-refractivity contribution is 0.143. The van der Waals surface area contributed by atoms with Gasteiger partial charge in [0, 0.05) is 30.8 Å². The van der Waals surface area contributed by atoms with E-state index in [2.05, 4.69) is 17.1 Å². The highest BCUT2D eigenvalue weighted by molar-refractivity contribution is 5.90. The second kappa shape index (κ2) is 7.16. The molecule has 3 rings (SSSR count). The largest absolute Gasteiger partial charge is 0.444 e. The normalized spacial score (nSPS) is 13.9. The molecule has 2 aromatic rings. The molecule has 2 heterocycles. The van der Waals surface area contributed by atoms with Crippen LogP contribution in [0.3, 0.4) is 0 Å². The summed E-state index contributed by atoms with van der Waals surface area (Å²) < 4.78 is 19.4. The van der Waals surface area contributed by atoms with Crippen molar-refractivity contribution in [3.8, 4) is 0 Å². The molecule has 1 amide bonds. The maximum absolute atomic E-state index is 14.6. The number of nitrogens with zero attached hydrogens (tertiary/aromatic N) is 2. The molecule has 1 aromatic heterocycles. The van der Waals surface area contributed by atoms with Crippen molar-refractivity contribution in [1.82, 2.24) is 10.3 Å². The molecule has 0 unspecified atom stereocenters. The molecular weight excluding hydrogens is 325 g/mol. The Morgan fingerprint density at radius 3 is 2.76 bits per heavy atom. The molecule has 1 fully saturated rings. The van der Waals surface area contributed by atoms with Crippen molar-refractivity contribution in [2.24, 2.45) is 5.73 Å². The number of nitrogens with one attached hydrogen (secondary N) is 2. The number of amides is 1. The minimum Gasteiger partial charge on any atom is -0.444 e.